The Balaban J connectivity index is 2.16. The number of primary amides is 1. The molecule has 3 amide bonds. The maximum Gasteiger partial charge on any atom is 0.362 e. The molecule has 0 bridgehead atoms. The van der Waals surface area contributed by atoms with Crippen molar-refractivity contribution >= 4 is 23.7 Å². The second-order valence-electron chi connectivity index (χ2n) is 9.24. The molecule has 6 N–H and O–H groups in total. The number of aryl methyl sites for hydroxylation is 1. The number of carbonyl (C=O) groups is 4. The fourth-order valence-corrected chi connectivity index (χ4v) is 3.72. The lowest BCUT2D eigenvalue weighted by Crippen LogP contribution is -2.65. The van der Waals surface area contributed by atoms with E-state index in [0.717, 1.165) is 10.5 Å². The van der Waals surface area contributed by atoms with Crippen LogP contribution >= 0.6 is 0 Å². The van der Waals surface area contributed by atoms with E-state index in [1.807, 2.05) is 30.3 Å². The summed E-state index contributed by atoms with van der Waals surface area (Å²) < 4.78 is 5.38. The minimum absolute atomic E-state index is 0.0376. The summed E-state index contributed by atoms with van der Waals surface area (Å²) in [5.74, 6) is -3.00. The minimum Gasteiger partial charge on any atom is -0.456 e. The van der Waals surface area contributed by atoms with Crippen molar-refractivity contribution in [2.24, 2.45) is 11.5 Å². The minimum atomic E-state index is -2.40. The lowest BCUT2D eigenvalue weighted by atomic mass is 10.0. The fourth-order valence-electron chi connectivity index (χ4n) is 3.72. The smallest absolute Gasteiger partial charge is 0.362 e. The van der Waals surface area contributed by atoms with E-state index in [1.54, 1.807) is 20.8 Å². The van der Waals surface area contributed by atoms with Crippen LogP contribution in [-0.2, 0) is 30.3 Å². The standard InChI is InChI=1S/C23H34N4O6/c1-22(2,3)33-21(31)23(32)17(26-20(30)16(24)14-18(25)28)12-13-27(23)19(29)11-7-10-15-8-5-4-6-9-15/h4-6,8-9,16-17,32H,7,10-14,24H2,1-3H3,(H2,25,28)(H,26,30)/t16-,17-,23-/m0/s1. The number of amides is 3. The third kappa shape index (κ3) is 7.00. The molecule has 1 heterocycles. The molecule has 10 heteroatoms. The lowest BCUT2D eigenvalue weighted by molar-refractivity contribution is -0.200. The van der Waals surface area contributed by atoms with Gasteiger partial charge < -0.3 is 31.5 Å². The highest BCUT2D eigenvalue weighted by molar-refractivity contribution is 5.91. The van der Waals surface area contributed by atoms with Gasteiger partial charge in [0.15, 0.2) is 0 Å². The van der Waals surface area contributed by atoms with E-state index in [1.165, 1.54) is 0 Å². The SMILES string of the molecule is CC(C)(C)OC(=O)[C@@]1(O)[C@@H](NC(=O)[C@@H](N)CC(N)=O)CCN1C(=O)CCCc1ccccc1. The maximum atomic E-state index is 13.0. The number of hydrogen-bond acceptors (Lipinski definition) is 7. The summed E-state index contributed by atoms with van der Waals surface area (Å²) in [4.78, 5) is 50.6. The van der Waals surface area contributed by atoms with Crippen molar-refractivity contribution in [3.05, 3.63) is 35.9 Å². The van der Waals surface area contributed by atoms with Gasteiger partial charge in [0.2, 0.25) is 17.7 Å². The molecule has 0 unspecified atom stereocenters. The molecule has 182 valence electrons. The Morgan fingerprint density at radius 2 is 1.88 bits per heavy atom. The van der Waals surface area contributed by atoms with Gasteiger partial charge in [-0.15, -0.1) is 0 Å². The molecular weight excluding hydrogens is 428 g/mol. The molecule has 1 saturated heterocycles. The van der Waals surface area contributed by atoms with Crippen LogP contribution in [0.1, 0.15) is 52.0 Å². The van der Waals surface area contributed by atoms with Crippen LogP contribution in [0.5, 0.6) is 0 Å². The van der Waals surface area contributed by atoms with Crippen molar-refractivity contribution in [1.29, 1.82) is 0 Å². The van der Waals surface area contributed by atoms with E-state index >= 15 is 0 Å². The highest BCUT2D eigenvalue weighted by Crippen LogP contribution is 2.31. The first-order valence-corrected chi connectivity index (χ1v) is 11.0. The molecule has 10 nitrogen and oxygen atoms in total. The van der Waals surface area contributed by atoms with Crippen molar-refractivity contribution in [1.82, 2.24) is 10.2 Å². The molecule has 0 aliphatic carbocycles. The van der Waals surface area contributed by atoms with Crippen LogP contribution < -0.4 is 16.8 Å². The van der Waals surface area contributed by atoms with Crippen LogP contribution in [0, 0.1) is 0 Å². The zero-order valence-corrected chi connectivity index (χ0v) is 19.4. The largest absolute Gasteiger partial charge is 0.456 e. The number of ether oxygens (including phenoxy) is 1. The van der Waals surface area contributed by atoms with Crippen LogP contribution in [0.15, 0.2) is 30.3 Å². The van der Waals surface area contributed by atoms with Gasteiger partial charge in [0, 0.05) is 13.0 Å². The molecule has 0 radical (unpaired) electrons. The monoisotopic (exact) mass is 462 g/mol. The molecule has 1 aliphatic rings. The fraction of sp³-hybridized carbons (Fsp3) is 0.565. The van der Waals surface area contributed by atoms with Gasteiger partial charge in [-0.2, -0.15) is 0 Å². The van der Waals surface area contributed by atoms with Gasteiger partial charge in [-0.3, -0.25) is 14.4 Å². The van der Waals surface area contributed by atoms with E-state index in [-0.39, 0.29) is 19.4 Å². The van der Waals surface area contributed by atoms with Crippen LogP contribution in [0.2, 0.25) is 0 Å². The van der Waals surface area contributed by atoms with Crippen LogP contribution in [0.4, 0.5) is 0 Å². The number of rotatable bonds is 9. The van der Waals surface area contributed by atoms with E-state index in [9.17, 15) is 24.3 Å². The summed E-state index contributed by atoms with van der Waals surface area (Å²) in [7, 11) is 0. The number of benzene rings is 1. The molecule has 3 atom stereocenters. The predicted molar refractivity (Wildman–Crippen MR) is 120 cm³/mol. The van der Waals surface area contributed by atoms with Crippen molar-refractivity contribution in [2.75, 3.05) is 6.54 Å². The molecule has 0 spiro atoms. The molecular formula is C23H34N4O6. The highest BCUT2D eigenvalue weighted by Gasteiger charge is 2.58. The van der Waals surface area contributed by atoms with Crippen molar-refractivity contribution in [2.45, 2.75) is 76.3 Å². The van der Waals surface area contributed by atoms with E-state index < -0.39 is 53.5 Å². The second kappa shape index (κ2) is 10.8. The third-order valence-corrected chi connectivity index (χ3v) is 5.31. The quantitative estimate of drug-likeness (QED) is 0.374. The predicted octanol–water partition coefficient (Wildman–Crippen LogP) is -0.0406. The molecule has 1 aromatic rings. The van der Waals surface area contributed by atoms with Gasteiger partial charge >= 0.3 is 5.97 Å². The topological polar surface area (TPSA) is 165 Å². The normalized spacial score (nSPS) is 21.4. The first kappa shape index (κ1) is 26.3. The number of carbonyl (C=O) groups excluding carboxylic acids is 4. The van der Waals surface area contributed by atoms with Gasteiger partial charge in [0.1, 0.15) is 5.60 Å². The summed E-state index contributed by atoms with van der Waals surface area (Å²) in [5.41, 5.74) is 8.50. The van der Waals surface area contributed by atoms with Gasteiger partial charge in [-0.25, -0.2) is 4.79 Å². The van der Waals surface area contributed by atoms with Gasteiger partial charge in [-0.05, 0) is 45.6 Å². The van der Waals surface area contributed by atoms with Crippen molar-refractivity contribution in [3.8, 4) is 0 Å². The Kier molecular flexibility index (Phi) is 8.57. The number of likely N-dealkylation sites (tertiary alicyclic amines) is 1. The Hall–Kier alpha value is -2.98. The lowest BCUT2D eigenvalue weighted by Gasteiger charge is -2.37. The molecule has 0 saturated carbocycles. The summed E-state index contributed by atoms with van der Waals surface area (Å²) in [6.07, 6.45) is 0.986. The number of nitrogens with two attached hydrogens (primary N) is 2. The zero-order valence-electron chi connectivity index (χ0n) is 19.4. The van der Waals surface area contributed by atoms with Crippen LogP contribution in [-0.4, -0.2) is 63.7 Å². The first-order valence-electron chi connectivity index (χ1n) is 11.0. The van der Waals surface area contributed by atoms with Crippen LogP contribution in [0.25, 0.3) is 0 Å². The number of aliphatic hydroxyl groups is 1. The summed E-state index contributed by atoms with van der Waals surface area (Å²) in [6.45, 7) is 4.93. The Bertz CT molecular complexity index is 869. The summed E-state index contributed by atoms with van der Waals surface area (Å²) in [5, 5.41) is 13.9. The summed E-state index contributed by atoms with van der Waals surface area (Å²) in [6, 6.07) is 7.24. The molecule has 1 fully saturated rings. The second-order valence-corrected chi connectivity index (χ2v) is 9.24. The third-order valence-electron chi connectivity index (χ3n) is 5.31. The first-order chi connectivity index (χ1) is 15.3. The number of hydrogen-bond donors (Lipinski definition) is 4. The van der Waals surface area contributed by atoms with Crippen molar-refractivity contribution in [3.63, 3.8) is 0 Å². The molecule has 0 aromatic heterocycles. The highest BCUT2D eigenvalue weighted by atomic mass is 16.6. The van der Waals surface area contributed by atoms with Crippen molar-refractivity contribution < 1.29 is 29.0 Å². The van der Waals surface area contributed by atoms with Gasteiger partial charge in [-0.1, -0.05) is 30.3 Å². The molecule has 33 heavy (non-hydrogen) atoms. The zero-order chi connectivity index (χ0) is 24.8. The maximum absolute atomic E-state index is 13.0. The number of nitrogens with one attached hydrogen (secondary N) is 1. The number of esters is 1. The van der Waals surface area contributed by atoms with E-state index in [0.29, 0.717) is 12.8 Å². The van der Waals surface area contributed by atoms with E-state index in [4.69, 9.17) is 16.2 Å². The van der Waals surface area contributed by atoms with Crippen LogP contribution in [0.3, 0.4) is 0 Å². The Labute approximate surface area is 193 Å². The molecule has 1 aliphatic heterocycles. The Morgan fingerprint density at radius 3 is 2.45 bits per heavy atom. The van der Waals surface area contributed by atoms with Gasteiger partial charge in [0.25, 0.3) is 5.72 Å². The average Bonchev–Trinajstić information content (AvgIpc) is 3.04. The Morgan fingerprint density at radius 1 is 1.24 bits per heavy atom. The molecule has 2 rings (SSSR count). The van der Waals surface area contributed by atoms with E-state index in [2.05, 4.69) is 5.32 Å². The molecule has 1 aromatic carbocycles. The number of nitrogens with zero attached hydrogens (tertiary/aromatic N) is 1. The van der Waals surface area contributed by atoms with Gasteiger partial charge in [0.05, 0.1) is 18.5 Å². The average molecular weight is 463 g/mol. The summed E-state index contributed by atoms with van der Waals surface area (Å²) >= 11 is 0.